The number of carbonyl (C=O) groups is 1. The summed E-state index contributed by atoms with van der Waals surface area (Å²) < 4.78 is 5.86. The van der Waals surface area contributed by atoms with Crippen molar-refractivity contribution in [3.63, 3.8) is 0 Å². The highest BCUT2D eigenvalue weighted by atomic mass is 16.5. The van der Waals surface area contributed by atoms with Gasteiger partial charge in [0.2, 0.25) is 0 Å². The fourth-order valence-electron chi connectivity index (χ4n) is 4.29. The van der Waals surface area contributed by atoms with Gasteiger partial charge in [-0.25, -0.2) is 14.8 Å². The van der Waals surface area contributed by atoms with Crippen molar-refractivity contribution in [2.45, 2.75) is 18.6 Å². The van der Waals surface area contributed by atoms with Crippen molar-refractivity contribution >= 4 is 16.8 Å². The van der Waals surface area contributed by atoms with Crippen LogP contribution in [-0.4, -0.2) is 70.4 Å². The summed E-state index contributed by atoms with van der Waals surface area (Å²) in [5.41, 5.74) is 1.84. The Labute approximate surface area is 180 Å². The number of nitrogens with zero attached hydrogens (tertiary/aromatic N) is 3. The lowest BCUT2D eigenvalue weighted by molar-refractivity contribution is 0.00543. The molecule has 1 atom stereocenters. The molecule has 2 aliphatic heterocycles. The number of hydrogen-bond acceptors (Lipinski definition) is 6. The molecular formula is C23H25N5O3. The van der Waals surface area contributed by atoms with Crippen molar-refractivity contribution in [1.29, 1.82) is 0 Å². The van der Waals surface area contributed by atoms with E-state index in [1.54, 1.807) is 0 Å². The van der Waals surface area contributed by atoms with Gasteiger partial charge in [0, 0.05) is 44.1 Å². The summed E-state index contributed by atoms with van der Waals surface area (Å²) in [5.74, 6) is 1.47. The van der Waals surface area contributed by atoms with Crippen LogP contribution in [0, 0.1) is 6.92 Å². The van der Waals surface area contributed by atoms with Crippen molar-refractivity contribution in [3.05, 3.63) is 54.6 Å². The van der Waals surface area contributed by atoms with Crippen LogP contribution in [0.1, 0.15) is 5.82 Å². The summed E-state index contributed by atoms with van der Waals surface area (Å²) in [6, 6.07) is 12.0. The number of aliphatic hydroxyl groups excluding tert-OH is 1. The van der Waals surface area contributed by atoms with Crippen molar-refractivity contribution in [1.82, 2.24) is 25.5 Å². The summed E-state index contributed by atoms with van der Waals surface area (Å²) in [5, 5.41) is 18.3. The van der Waals surface area contributed by atoms with Gasteiger partial charge in [-0.15, -0.1) is 0 Å². The van der Waals surface area contributed by atoms with E-state index >= 15 is 0 Å². The number of ether oxygens (including phenoxy) is 1. The standard InChI is InChI=1S/C23H25N5O3/c1-15-24-8-19(9-25-15)17-3-2-16-4-5-21(7-18(16)6-17)31-11-20(29)10-28-13-23(14-28)12-26-22(30)27-23/h2-9,20,29H,10-14H2,1H3,(H2,26,27,30). The lowest BCUT2D eigenvalue weighted by Gasteiger charge is -2.47. The Hall–Kier alpha value is -3.23. The first-order valence-electron chi connectivity index (χ1n) is 10.4. The fourth-order valence-corrected chi connectivity index (χ4v) is 4.29. The van der Waals surface area contributed by atoms with Crippen molar-refractivity contribution in [2.24, 2.45) is 0 Å². The maximum Gasteiger partial charge on any atom is 0.315 e. The van der Waals surface area contributed by atoms with Gasteiger partial charge in [-0.2, -0.15) is 0 Å². The average Bonchev–Trinajstić information content (AvgIpc) is 3.14. The number of likely N-dealkylation sites (tertiary alicyclic amines) is 1. The minimum Gasteiger partial charge on any atom is -0.491 e. The number of aromatic nitrogens is 2. The van der Waals surface area contributed by atoms with E-state index in [1.165, 1.54) is 0 Å². The minimum absolute atomic E-state index is 0.113. The second kappa shape index (κ2) is 7.79. The van der Waals surface area contributed by atoms with Gasteiger partial charge < -0.3 is 20.5 Å². The second-order valence-electron chi connectivity index (χ2n) is 8.47. The minimum atomic E-state index is -0.603. The first-order valence-corrected chi connectivity index (χ1v) is 10.4. The van der Waals surface area contributed by atoms with Gasteiger partial charge >= 0.3 is 6.03 Å². The van der Waals surface area contributed by atoms with E-state index in [9.17, 15) is 9.90 Å². The zero-order valence-corrected chi connectivity index (χ0v) is 17.3. The van der Waals surface area contributed by atoms with E-state index in [0.29, 0.717) is 13.1 Å². The summed E-state index contributed by atoms with van der Waals surface area (Å²) in [6.07, 6.45) is 3.05. The summed E-state index contributed by atoms with van der Waals surface area (Å²) in [7, 11) is 0. The number of fused-ring (bicyclic) bond motifs is 1. The Morgan fingerprint density at radius 3 is 2.65 bits per heavy atom. The molecule has 8 heteroatoms. The van der Waals surface area contributed by atoms with Crippen molar-refractivity contribution in [2.75, 3.05) is 32.8 Å². The number of benzene rings is 2. The number of nitrogens with one attached hydrogen (secondary N) is 2. The fraction of sp³-hybridized carbons (Fsp3) is 0.348. The molecule has 8 nitrogen and oxygen atoms in total. The maximum absolute atomic E-state index is 11.3. The van der Waals surface area contributed by atoms with Crippen LogP contribution >= 0.6 is 0 Å². The average molecular weight is 419 g/mol. The molecule has 3 N–H and O–H groups in total. The molecule has 0 bridgehead atoms. The molecule has 0 aliphatic carbocycles. The Morgan fingerprint density at radius 2 is 1.90 bits per heavy atom. The number of urea groups is 1. The highest BCUT2D eigenvalue weighted by molar-refractivity contribution is 5.88. The molecule has 3 aromatic rings. The van der Waals surface area contributed by atoms with Gasteiger partial charge in [-0.3, -0.25) is 4.90 Å². The highest BCUT2D eigenvalue weighted by Crippen LogP contribution is 2.27. The SMILES string of the molecule is Cc1ncc(-c2ccc3ccc(OCC(O)CN4CC5(CNC(=O)N5)C4)cc3c2)cn1. The van der Waals surface area contributed by atoms with Crippen LogP contribution < -0.4 is 15.4 Å². The van der Waals surface area contributed by atoms with Crippen LogP contribution in [0.4, 0.5) is 4.79 Å². The molecule has 1 unspecified atom stereocenters. The quantitative estimate of drug-likeness (QED) is 0.563. The molecule has 0 saturated carbocycles. The molecule has 2 fully saturated rings. The molecule has 2 amide bonds. The Balaban J connectivity index is 1.19. The van der Waals surface area contributed by atoms with E-state index in [-0.39, 0.29) is 18.2 Å². The van der Waals surface area contributed by atoms with Crippen LogP contribution in [0.25, 0.3) is 21.9 Å². The van der Waals surface area contributed by atoms with E-state index in [1.807, 2.05) is 37.5 Å². The normalized spacial score (nSPS) is 18.5. The summed E-state index contributed by atoms with van der Waals surface area (Å²) in [6.45, 7) is 4.72. The van der Waals surface area contributed by atoms with E-state index in [0.717, 1.165) is 46.6 Å². The second-order valence-corrected chi connectivity index (χ2v) is 8.47. The van der Waals surface area contributed by atoms with Crippen LogP contribution in [-0.2, 0) is 0 Å². The first-order chi connectivity index (χ1) is 15.0. The predicted molar refractivity (Wildman–Crippen MR) is 117 cm³/mol. The molecule has 31 heavy (non-hydrogen) atoms. The van der Waals surface area contributed by atoms with Crippen LogP contribution in [0.15, 0.2) is 48.8 Å². The van der Waals surface area contributed by atoms with Crippen molar-refractivity contribution < 1.29 is 14.6 Å². The van der Waals surface area contributed by atoms with Gasteiger partial charge in [0.05, 0.1) is 5.54 Å². The number of rotatable bonds is 6. The number of hydrogen-bond donors (Lipinski definition) is 3. The lowest BCUT2D eigenvalue weighted by Crippen LogP contribution is -2.69. The largest absolute Gasteiger partial charge is 0.491 e. The molecule has 2 aromatic carbocycles. The van der Waals surface area contributed by atoms with E-state index in [2.05, 4.69) is 43.7 Å². The zero-order chi connectivity index (χ0) is 21.4. The molecule has 3 heterocycles. The monoisotopic (exact) mass is 419 g/mol. The number of carbonyl (C=O) groups excluding carboxylic acids is 1. The predicted octanol–water partition coefficient (Wildman–Crippen LogP) is 1.71. The molecule has 2 saturated heterocycles. The topological polar surface area (TPSA) is 99.6 Å². The van der Waals surface area contributed by atoms with Crippen molar-refractivity contribution in [3.8, 4) is 16.9 Å². The third-order valence-corrected chi connectivity index (χ3v) is 5.86. The number of aryl methyl sites for hydroxylation is 1. The third kappa shape index (κ3) is 4.17. The molecule has 1 aromatic heterocycles. The first kappa shape index (κ1) is 19.7. The molecule has 1 spiro atoms. The Kier molecular flexibility index (Phi) is 4.95. The third-order valence-electron chi connectivity index (χ3n) is 5.86. The number of β-amino-alcohol motifs (C(OH)–C–C–N with tert-alkyl or cyclic N) is 1. The smallest absolute Gasteiger partial charge is 0.315 e. The molecule has 5 rings (SSSR count). The Morgan fingerprint density at radius 1 is 1.13 bits per heavy atom. The van der Waals surface area contributed by atoms with Gasteiger partial charge in [0.25, 0.3) is 0 Å². The van der Waals surface area contributed by atoms with Gasteiger partial charge in [0.1, 0.15) is 24.3 Å². The summed E-state index contributed by atoms with van der Waals surface area (Å²) >= 11 is 0. The van der Waals surface area contributed by atoms with Gasteiger partial charge in [-0.1, -0.05) is 18.2 Å². The molecule has 2 aliphatic rings. The van der Waals surface area contributed by atoms with Gasteiger partial charge in [0.15, 0.2) is 0 Å². The molecular weight excluding hydrogens is 394 g/mol. The molecule has 0 radical (unpaired) electrons. The maximum atomic E-state index is 11.3. The molecule has 160 valence electrons. The lowest BCUT2D eigenvalue weighted by atomic mass is 9.91. The highest BCUT2D eigenvalue weighted by Gasteiger charge is 2.47. The summed E-state index contributed by atoms with van der Waals surface area (Å²) in [4.78, 5) is 22.0. The number of amides is 2. The van der Waals surface area contributed by atoms with E-state index in [4.69, 9.17) is 4.74 Å². The van der Waals surface area contributed by atoms with Crippen LogP contribution in [0.5, 0.6) is 5.75 Å². The van der Waals surface area contributed by atoms with Crippen LogP contribution in [0.2, 0.25) is 0 Å². The van der Waals surface area contributed by atoms with Crippen LogP contribution in [0.3, 0.4) is 0 Å². The number of aliphatic hydroxyl groups is 1. The van der Waals surface area contributed by atoms with E-state index < -0.39 is 6.10 Å². The van der Waals surface area contributed by atoms with Gasteiger partial charge in [-0.05, 0) is 41.5 Å². The Bertz CT molecular complexity index is 1110. The zero-order valence-electron chi connectivity index (χ0n) is 17.3.